The van der Waals surface area contributed by atoms with Crippen LogP contribution in [-0.2, 0) is 52.6 Å². The Kier molecular flexibility index (Phi) is 66.3. The summed E-state index contributed by atoms with van der Waals surface area (Å²) in [6.07, 6.45) is 45.6. The van der Waals surface area contributed by atoms with Crippen LogP contribution in [0, 0.1) is 10.7 Å². The summed E-state index contributed by atoms with van der Waals surface area (Å²) in [4.78, 5) is 118. The maximum Gasteiger partial charge on any atom is 0.347 e. The third-order valence-corrected chi connectivity index (χ3v) is 23.5. The van der Waals surface area contributed by atoms with E-state index < -0.39 is 100 Å². The number of aliphatic hydroxyl groups excluding tert-OH is 4. The Morgan fingerprint density at radius 3 is 0.773 bits per heavy atom. The highest BCUT2D eigenvalue weighted by Gasteiger charge is 2.58. The van der Waals surface area contributed by atoms with Crippen LogP contribution >= 0.6 is 79.4 Å². The van der Waals surface area contributed by atoms with E-state index in [1.54, 1.807) is 6.07 Å². The number of rotatable bonds is 71. The van der Waals surface area contributed by atoms with E-state index in [2.05, 4.69) is 27.7 Å². The molecule has 1 aromatic carbocycles. The number of Topliss-reactive ketones (excluding diaryl/α,β-unsaturated/α-hetero) is 4. The monoisotopic (exact) mass is 1910 g/mol. The van der Waals surface area contributed by atoms with Gasteiger partial charge in [0, 0.05) is 53.6 Å². The van der Waals surface area contributed by atoms with Gasteiger partial charge < -0.3 is 44.8 Å². The van der Waals surface area contributed by atoms with Crippen molar-refractivity contribution in [2.24, 2.45) is 0 Å². The molecule has 110 heavy (non-hydrogen) atoms. The number of anilines is 1. The van der Waals surface area contributed by atoms with Crippen molar-refractivity contribution in [3.05, 3.63) is 22.3 Å². The van der Waals surface area contributed by atoms with Crippen LogP contribution in [0.15, 0.2) is 6.07 Å². The first-order valence-electron chi connectivity index (χ1n) is 43.1. The number of unbranched alkanes of at least 4 members (excludes halogenated alkanes) is 48. The predicted octanol–water partition coefficient (Wildman–Crippen LogP) is 21.7. The lowest BCUT2D eigenvalue weighted by Crippen LogP contribution is -2.64. The number of esters is 3. The first-order chi connectivity index (χ1) is 52.6. The number of benzene rings is 1. The molecule has 6 unspecified atom stereocenters. The summed E-state index contributed by atoms with van der Waals surface area (Å²) in [6, 6.07) is 1.57. The van der Waals surface area contributed by atoms with E-state index in [0.717, 1.165) is 115 Å². The van der Waals surface area contributed by atoms with E-state index >= 15 is 0 Å². The highest BCUT2D eigenvalue weighted by atomic mass is 127. The average molecular weight is 1910 g/mol. The molecule has 0 aromatic heterocycles. The van der Waals surface area contributed by atoms with E-state index in [-0.39, 0.29) is 40.5 Å². The van der Waals surface area contributed by atoms with Gasteiger partial charge in [-0.05, 0) is 106 Å². The van der Waals surface area contributed by atoms with Crippen LogP contribution < -0.4 is 4.90 Å². The molecule has 0 bridgehead atoms. The van der Waals surface area contributed by atoms with Crippen LogP contribution in [-0.4, -0.2) is 131 Å². The first-order valence-corrected chi connectivity index (χ1v) is 46.8. The van der Waals surface area contributed by atoms with Gasteiger partial charge in [0.25, 0.3) is 0 Å². The smallest absolute Gasteiger partial charge is 0.347 e. The molecule has 2 amide bonds. The van der Waals surface area contributed by atoms with Gasteiger partial charge in [-0.1, -0.05) is 347 Å². The minimum Gasteiger partial charge on any atom is -0.444 e. The van der Waals surface area contributed by atoms with Crippen LogP contribution in [0.1, 0.15) is 425 Å². The lowest BCUT2D eigenvalue weighted by atomic mass is 9.83. The number of carbonyl (C=O) groups is 9. The van der Waals surface area contributed by atoms with Gasteiger partial charge in [-0.2, -0.15) is 0 Å². The van der Waals surface area contributed by atoms with E-state index in [0.29, 0.717) is 45.7 Å². The van der Waals surface area contributed by atoms with Gasteiger partial charge in [0.1, 0.15) is 0 Å². The molecular weight excluding hydrogens is 1760 g/mol. The molecule has 0 aliphatic heterocycles. The molecule has 0 fully saturated rings. The Bertz CT molecular complexity index is 2570. The second kappa shape index (κ2) is 67.7. The quantitative estimate of drug-likeness (QED) is 0.0116. The number of halogens is 4. The molecule has 23 heteroatoms. The number of hydrogen-bond acceptors (Lipinski definition) is 18. The molecule has 0 aliphatic rings. The Labute approximate surface area is 709 Å². The fourth-order valence-electron chi connectivity index (χ4n) is 13.8. The number of amides is 2. The number of ether oxygens (including phenoxy) is 3. The lowest BCUT2D eigenvalue weighted by molar-refractivity contribution is -0.214. The Morgan fingerprint density at radius 2 is 0.564 bits per heavy atom. The van der Waals surface area contributed by atoms with Crippen LogP contribution in [0.3, 0.4) is 0 Å². The summed E-state index contributed by atoms with van der Waals surface area (Å²) in [5.41, 5.74) is -7.55. The maximum atomic E-state index is 13.8. The second-order valence-electron chi connectivity index (χ2n) is 30.7. The molecule has 0 aliphatic carbocycles. The molecule has 1 aromatic rings. The molecule has 0 saturated heterocycles. The summed E-state index contributed by atoms with van der Waals surface area (Å²) >= 11 is 11.4. The fraction of sp³-hybridized carbons (Fsp3) is 0.828. The third kappa shape index (κ3) is 46.6. The van der Waals surface area contributed by atoms with Gasteiger partial charge in [0.05, 0.1) is 14.8 Å². The normalized spacial score (nSPS) is 14.2. The van der Waals surface area contributed by atoms with Crippen molar-refractivity contribution >= 4 is 138 Å². The summed E-state index contributed by atoms with van der Waals surface area (Å²) in [5, 5.41) is 66.9. The van der Waals surface area contributed by atoms with Crippen LogP contribution in [0.25, 0.3) is 0 Å². The lowest BCUT2D eigenvalue weighted by Gasteiger charge is -2.34. The Hall–Kier alpha value is -2.31. The van der Waals surface area contributed by atoms with Crippen molar-refractivity contribution in [1.82, 2.24) is 0 Å². The van der Waals surface area contributed by atoms with Crippen molar-refractivity contribution in [3.8, 4) is 0 Å². The molecule has 0 radical (unpaired) electrons. The summed E-state index contributed by atoms with van der Waals surface area (Å²) < 4.78 is 16.7. The van der Waals surface area contributed by atoms with Gasteiger partial charge in [-0.25, -0.2) is 19.3 Å². The largest absolute Gasteiger partial charge is 0.444 e. The number of aliphatic hydroxyl groups is 6. The zero-order valence-electron chi connectivity index (χ0n) is 69.2. The van der Waals surface area contributed by atoms with E-state index in [9.17, 15) is 73.8 Å². The zero-order chi connectivity index (χ0) is 82.6. The van der Waals surface area contributed by atoms with Crippen molar-refractivity contribution in [2.45, 2.75) is 462 Å². The topological polar surface area (TPSA) is 306 Å². The molecule has 0 saturated carbocycles. The third-order valence-electron chi connectivity index (χ3n) is 20.7. The molecular formula is C87H149ClI3NO18. The second-order valence-corrected chi connectivity index (χ2v) is 34.7. The molecule has 6 N–H and O–H groups in total. The van der Waals surface area contributed by atoms with E-state index in [4.69, 9.17) is 25.8 Å². The highest BCUT2D eigenvalue weighted by Crippen LogP contribution is 2.36. The number of alkyl halides is 1. The average Bonchev–Trinajstić information content (AvgIpc) is 0.800. The number of carbonyl (C=O) groups excluding carboxylic acids is 9. The molecule has 0 heterocycles. The zero-order valence-corrected chi connectivity index (χ0v) is 76.4. The molecule has 638 valence electrons. The maximum absolute atomic E-state index is 13.8. The van der Waals surface area contributed by atoms with Crippen LogP contribution in [0.2, 0.25) is 0 Å². The Morgan fingerprint density at radius 1 is 0.355 bits per heavy atom. The number of ketones is 4. The molecule has 1 rings (SSSR count). The standard InChI is InChI=1S/C49H78I3NO11.C38H71ClO7/c1-6-8-10-12-14-16-18-20-22-24-26-28-30-32-40(56)45(58)49(62,46(59)41(57)33-31-29-27-25-23-21-19-17-15-13-11-9-7-2)48(61)64-37(5)63-47(60)42-38(50)34-39(51)44(43(42)52)53(35(3)54)36(4)55;1-4-6-8-10-12-14-16-18-20-22-24-26-28-30-33(40)35(42)38(45,37(44)46-32(3)39)36(43)34(41)31-29-27-25-23-21-19-17-15-13-11-9-7-5-2/h34,37,45-46,58-59,62H,6-33H2,1-5H3;32,35-36,42-43,45H,4-31H2,1-3H3. The van der Waals surface area contributed by atoms with Gasteiger partial charge in [0.15, 0.2) is 53.1 Å². The minimum absolute atomic E-state index is 0.0386. The summed E-state index contributed by atoms with van der Waals surface area (Å²) in [6.45, 7) is 13.8. The van der Waals surface area contributed by atoms with Crippen molar-refractivity contribution in [1.29, 1.82) is 0 Å². The van der Waals surface area contributed by atoms with Gasteiger partial charge in [-0.3, -0.25) is 28.8 Å². The molecule has 19 nitrogen and oxygen atoms in total. The van der Waals surface area contributed by atoms with E-state index in [1.165, 1.54) is 213 Å². The Balaban J connectivity index is 0.00000228. The van der Waals surface area contributed by atoms with Crippen LogP contribution in [0.4, 0.5) is 5.69 Å². The van der Waals surface area contributed by atoms with Crippen molar-refractivity contribution < 1.29 is 88.0 Å². The fourth-order valence-corrected chi connectivity index (χ4v) is 18.1. The van der Waals surface area contributed by atoms with Gasteiger partial charge >= 0.3 is 17.9 Å². The van der Waals surface area contributed by atoms with E-state index in [1.807, 2.05) is 67.8 Å². The number of hydrogen-bond donors (Lipinski definition) is 6. The molecule has 0 spiro atoms. The number of nitrogens with zero attached hydrogens (tertiary/aromatic N) is 1. The first kappa shape index (κ1) is 108. The molecule has 6 atom stereocenters. The number of imide groups is 1. The van der Waals surface area contributed by atoms with Gasteiger partial charge in [0.2, 0.25) is 29.3 Å². The van der Waals surface area contributed by atoms with Crippen LogP contribution in [0.5, 0.6) is 0 Å². The van der Waals surface area contributed by atoms with Crippen molar-refractivity contribution in [3.63, 3.8) is 0 Å². The summed E-state index contributed by atoms with van der Waals surface area (Å²) in [7, 11) is 0. The SMILES string of the molecule is CCCCCCCCCCCCCCCC(=O)C(O)C(O)(C(=O)OC(C)Cl)C(O)C(=O)CCCCCCCCCCCCCCC.CCCCCCCCCCCCCCCC(=O)C(O)C(O)(C(=O)OC(C)OC(=O)c1c(I)cc(I)c(N(C(C)=O)C(C)=O)c1I)C(O)C(=O)CCCCCCCCCCCCCCC. The van der Waals surface area contributed by atoms with Gasteiger partial charge in [-0.15, -0.1) is 0 Å². The highest BCUT2D eigenvalue weighted by molar-refractivity contribution is 14.1. The van der Waals surface area contributed by atoms with Crippen molar-refractivity contribution in [2.75, 3.05) is 4.90 Å². The minimum atomic E-state index is -3.38. The predicted molar refractivity (Wildman–Crippen MR) is 466 cm³/mol. The summed E-state index contributed by atoms with van der Waals surface area (Å²) in [5.74, 6) is -8.84.